The second-order valence-electron chi connectivity index (χ2n) is 13.0. The Bertz CT molecular complexity index is 1240. The first kappa shape index (κ1) is 37.7. The molecular formula is C40H60N4O. The molecule has 1 aromatic heterocycles. The summed E-state index contributed by atoms with van der Waals surface area (Å²) >= 11 is 0. The van der Waals surface area contributed by atoms with E-state index in [0.717, 1.165) is 46.2 Å². The molecule has 2 saturated carbocycles. The molecule has 5 heteroatoms. The fourth-order valence-corrected chi connectivity index (χ4v) is 5.77. The number of hydrogen-bond acceptors (Lipinski definition) is 5. The van der Waals surface area contributed by atoms with E-state index in [9.17, 15) is 0 Å². The number of hydrogen-bond donors (Lipinski definition) is 2. The predicted octanol–water partition coefficient (Wildman–Crippen LogP) is 11.2. The summed E-state index contributed by atoms with van der Waals surface area (Å²) in [6.45, 7) is 11.4. The molecule has 0 bridgehead atoms. The Labute approximate surface area is 274 Å². The number of aryl methyl sites for hydroxylation is 1. The number of aromatic nitrogens is 2. The molecule has 2 atom stereocenters. The van der Waals surface area contributed by atoms with E-state index in [1.54, 1.807) is 12.1 Å². The SMILES string of the molecule is CC1CCC(C)CC1.CCC1CCCC(C)C1.Cc1nc(N(C)C)c2ccccc2n1.ONc1ccccc1.c1ccccc1. The maximum Gasteiger partial charge on any atom is 0.139 e. The van der Waals surface area contributed by atoms with Crippen LogP contribution in [0.2, 0.25) is 0 Å². The van der Waals surface area contributed by atoms with Gasteiger partial charge in [-0.3, -0.25) is 10.7 Å². The van der Waals surface area contributed by atoms with Crippen molar-refractivity contribution in [2.45, 2.75) is 92.4 Å². The number of fused-ring (bicyclic) bond motifs is 1. The van der Waals surface area contributed by atoms with Crippen molar-refractivity contribution in [1.82, 2.24) is 9.97 Å². The predicted molar refractivity (Wildman–Crippen MR) is 195 cm³/mol. The quantitative estimate of drug-likeness (QED) is 0.225. The fraction of sp³-hybridized carbons (Fsp3) is 0.500. The minimum atomic E-state index is 0.715. The van der Waals surface area contributed by atoms with Gasteiger partial charge < -0.3 is 4.90 Å². The van der Waals surface area contributed by atoms with Crippen molar-refractivity contribution >= 4 is 22.4 Å². The van der Waals surface area contributed by atoms with Gasteiger partial charge in [0.1, 0.15) is 11.6 Å². The molecule has 2 unspecified atom stereocenters. The highest BCUT2D eigenvalue weighted by atomic mass is 16.5. The summed E-state index contributed by atoms with van der Waals surface area (Å²) in [6.07, 6.45) is 13.3. The van der Waals surface area contributed by atoms with Crippen LogP contribution in [0.5, 0.6) is 0 Å². The average molecular weight is 613 g/mol. The van der Waals surface area contributed by atoms with Crippen LogP contribution in [0.15, 0.2) is 91.0 Å². The van der Waals surface area contributed by atoms with Crippen LogP contribution < -0.4 is 10.4 Å². The van der Waals surface area contributed by atoms with Gasteiger partial charge in [0.15, 0.2) is 0 Å². The average Bonchev–Trinajstić information content (AvgIpc) is 3.08. The van der Waals surface area contributed by atoms with Crippen LogP contribution >= 0.6 is 0 Å². The number of anilines is 2. The van der Waals surface area contributed by atoms with Crippen LogP contribution in [-0.2, 0) is 0 Å². The van der Waals surface area contributed by atoms with Gasteiger partial charge in [0.05, 0.1) is 11.2 Å². The van der Waals surface area contributed by atoms with Crippen molar-refractivity contribution in [2.24, 2.45) is 23.7 Å². The minimum Gasteiger partial charge on any atom is -0.362 e. The first-order chi connectivity index (χ1) is 21.7. The first-order valence-corrected chi connectivity index (χ1v) is 17.1. The van der Waals surface area contributed by atoms with E-state index in [2.05, 4.69) is 37.7 Å². The number of benzene rings is 3. The molecule has 3 aromatic carbocycles. The molecule has 2 fully saturated rings. The highest BCUT2D eigenvalue weighted by Gasteiger charge is 2.16. The van der Waals surface area contributed by atoms with Gasteiger partial charge in [0, 0.05) is 19.5 Å². The van der Waals surface area contributed by atoms with Crippen LogP contribution in [0.25, 0.3) is 10.9 Å². The molecule has 2 aliphatic carbocycles. The Morgan fingerprint density at radius 1 is 0.689 bits per heavy atom. The van der Waals surface area contributed by atoms with E-state index < -0.39 is 0 Å². The normalized spacial score (nSPS) is 20.3. The molecule has 2 aliphatic rings. The Hall–Kier alpha value is -3.44. The van der Waals surface area contributed by atoms with Gasteiger partial charge in [-0.25, -0.2) is 9.97 Å². The van der Waals surface area contributed by atoms with Crippen molar-refractivity contribution in [3.05, 3.63) is 96.8 Å². The Morgan fingerprint density at radius 2 is 1.20 bits per heavy atom. The Morgan fingerprint density at radius 3 is 1.64 bits per heavy atom. The summed E-state index contributed by atoms with van der Waals surface area (Å²) < 4.78 is 0. The van der Waals surface area contributed by atoms with Gasteiger partial charge >= 0.3 is 0 Å². The third kappa shape index (κ3) is 15.9. The smallest absolute Gasteiger partial charge is 0.139 e. The molecule has 2 N–H and O–H groups in total. The number of nitrogens with zero attached hydrogens (tertiary/aromatic N) is 3. The summed E-state index contributed by atoms with van der Waals surface area (Å²) in [5, 5.41) is 9.39. The van der Waals surface area contributed by atoms with Crippen LogP contribution in [-0.4, -0.2) is 29.3 Å². The standard InChI is InChI=1S/C11H13N3.C9H18.C8H16.C6H7NO.C6H6/c1-8-12-10-7-5-4-6-9(10)11(13-8)14(2)3;1-3-9-6-4-5-8(2)7-9;1-7-3-5-8(2)6-4-7;8-7-6-4-2-1-3-5-6;1-2-4-6-5-3-1/h4-7H,1-3H3;8-9H,3-7H2,1-2H3;7-8H,3-6H2,1-2H3;1-5,7-8H;1-6H. The highest BCUT2D eigenvalue weighted by molar-refractivity contribution is 5.89. The van der Waals surface area contributed by atoms with Gasteiger partial charge in [0.25, 0.3) is 0 Å². The lowest BCUT2D eigenvalue weighted by Crippen LogP contribution is -2.12. The highest BCUT2D eigenvalue weighted by Crippen LogP contribution is 2.30. The van der Waals surface area contributed by atoms with Crippen LogP contribution in [0.1, 0.15) is 91.3 Å². The van der Waals surface area contributed by atoms with E-state index in [-0.39, 0.29) is 0 Å². The molecule has 0 radical (unpaired) electrons. The molecule has 0 saturated heterocycles. The minimum absolute atomic E-state index is 0.715. The first-order valence-electron chi connectivity index (χ1n) is 17.1. The molecule has 4 aromatic rings. The third-order valence-electron chi connectivity index (χ3n) is 8.61. The van der Waals surface area contributed by atoms with Crippen molar-refractivity contribution in [1.29, 1.82) is 0 Å². The van der Waals surface area contributed by atoms with Crippen LogP contribution in [0.3, 0.4) is 0 Å². The lowest BCUT2D eigenvalue weighted by atomic mass is 9.81. The van der Waals surface area contributed by atoms with E-state index in [1.807, 2.05) is 110 Å². The largest absolute Gasteiger partial charge is 0.362 e. The van der Waals surface area contributed by atoms with Gasteiger partial charge in [-0.2, -0.15) is 0 Å². The summed E-state index contributed by atoms with van der Waals surface area (Å²) in [5.74, 6) is 5.91. The van der Waals surface area contributed by atoms with E-state index in [0.29, 0.717) is 5.69 Å². The van der Waals surface area contributed by atoms with Crippen molar-refractivity contribution < 1.29 is 5.21 Å². The molecule has 1 heterocycles. The second-order valence-corrected chi connectivity index (χ2v) is 13.0. The number of para-hydroxylation sites is 2. The van der Waals surface area contributed by atoms with Crippen molar-refractivity contribution in [2.75, 3.05) is 24.5 Å². The lowest BCUT2D eigenvalue weighted by Gasteiger charge is -2.25. The van der Waals surface area contributed by atoms with Gasteiger partial charge in [-0.05, 0) is 61.3 Å². The molecule has 0 aliphatic heterocycles. The summed E-state index contributed by atoms with van der Waals surface area (Å²) in [7, 11) is 3.99. The third-order valence-corrected chi connectivity index (χ3v) is 8.61. The summed E-state index contributed by atoms with van der Waals surface area (Å²) in [4.78, 5) is 10.8. The number of nitrogens with one attached hydrogen (secondary N) is 1. The maximum absolute atomic E-state index is 8.29. The van der Waals surface area contributed by atoms with Gasteiger partial charge in [0.2, 0.25) is 0 Å². The van der Waals surface area contributed by atoms with Gasteiger partial charge in [-0.15, -0.1) is 0 Å². The zero-order valence-electron chi connectivity index (χ0n) is 29.1. The van der Waals surface area contributed by atoms with E-state index >= 15 is 0 Å². The zero-order chi connectivity index (χ0) is 32.9. The lowest BCUT2D eigenvalue weighted by molar-refractivity contribution is 0.276. The van der Waals surface area contributed by atoms with Gasteiger partial charge in [-0.1, -0.05) is 146 Å². The molecule has 246 valence electrons. The van der Waals surface area contributed by atoms with Crippen molar-refractivity contribution in [3.63, 3.8) is 0 Å². The molecule has 6 rings (SSSR count). The van der Waals surface area contributed by atoms with E-state index in [1.165, 1.54) is 57.8 Å². The van der Waals surface area contributed by atoms with Crippen molar-refractivity contribution in [3.8, 4) is 0 Å². The monoisotopic (exact) mass is 612 g/mol. The fourth-order valence-electron chi connectivity index (χ4n) is 5.77. The second kappa shape index (κ2) is 22.1. The molecule has 45 heavy (non-hydrogen) atoms. The molecule has 5 nitrogen and oxygen atoms in total. The Balaban J connectivity index is 0.000000202. The van der Waals surface area contributed by atoms with Crippen LogP contribution in [0.4, 0.5) is 11.5 Å². The summed E-state index contributed by atoms with van der Waals surface area (Å²) in [6, 6.07) is 29.2. The molecule has 0 amide bonds. The van der Waals surface area contributed by atoms with Crippen LogP contribution in [0, 0.1) is 30.6 Å². The molecule has 0 spiro atoms. The topological polar surface area (TPSA) is 61.3 Å². The van der Waals surface area contributed by atoms with E-state index in [4.69, 9.17) is 5.21 Å². The molecular weight excluding hydrogens is 552 g/mol. The maximum atomic E-state index is 8.29. The zero-order valence-corrected chi connectivity index (χ0v) is 29.1. The summed E-state index contributed by atoms with van der Waals surface area (Å²) in [5.41, 5.74) is 3.75. The number of rotatable bonds is 3. The Kier molecular flexibility index (Phi) is 18.6.